The van der Waals surface area contributed by atoms with Gasteiger partial charge in [-0.05, 0) is 40.7 Å². The number of rotatable bonds is 6. The van der Waals surface area contributed by atoms with E-state index in [9.17, 15) is 4.79 Å². The lowest BCUT2D eigenvalue weighted by molar-refractivity contribution is 0.109. The first-order valence-electron chi connectivity index (χ1n) is 6.30. The topological polar surface area (TPSA) is 44.1 Å². The van der Waals surface area contributed by atoms with E-state index in [1.807, 2.05) is 12.1 Å². The molecule has 0 saturated carbocycles. The van der Waals surface area contributed by atoms with Crippen molar-refractivity contribution in [1.82, 2.24) is 9.19 Å². The van der Waals surface area contributed by atoms with Crippen LogP contribution in [0.25, 0.3) is 0 Å². The third-order valence-corrected chi connectivity index (χ3v) is 3.57. The third kappa shape index (κ3) is 3.64. The molecule has 20 heavy (non-hydrogen) atoms. The lowest BCUT2D eigenvalue weighted by Crippen LogP contribution is -2.07. The fourth-order valence-corrected chi connectivity index (χ4v) is 2.54. The van der Waals surface area contributed by atoms with Gasteiger partial charge in [0.15, 0.2) is 0 Å². The Kier molecular flexibility index (Phi) is 5.25. The summed E-state index contributed by atoms with van der Waals surface area (Å²) in [6, 6.07) is 7.45. The lowest BCUT2D eigenvalue weighted by atomic mass is 9.99. The molecule has 0 N–H and O–H groups in total. The molecule has 1 heterocycles. The normalized spacial score (nSPS) is 10.6. The van der Waals surface area contributed by atoms with E-state index in [0.29, 0.717) is 18.1 Å². The highest BCUT2D eigenvalue weighted by Gasteiger charge is 2.13. The number of aryl methyl sites for hydroxylation is 1. The van der Waals surface area contributed by atoms with Crippen molar-refractivity contribution < 1.29 is 9.53 Å². The molecule has 0 fully saturated rings. The molecule has 0 spiro atoms. The van der Waals surface area contributed by atoms with Crippen LogP contribution in [0, 0.1) is 0 Å². The Balaban J connectivity index is 2.25. The highest BCUT2D eigenvalue weighted by Crippen LogP contribution is 2.21. The maximum Gasteiger partial charge on any atom is 0.234 e. The fourth-order valence-electron chi connectivity index (χ4n) is 2.01. The van der Waals surface area contributed by atoms with Gasteiger partial charge in [-0.3, -0.25) is 4.79 Å². The van der Waals surface area contributed by atoms with Gasteiger partial charge < -0.3 is 4.74 Å². The molecule has 0 aliphatic carbocycles. The van der Waals surface area contributed by atoms with Crippen molar-refractivity contribution in [2.24, 2.45) is 0 Å². The summed E-state index contributed by atoms with van der Waals surface area (Å²) in [4.78, 5) is 11.7. The van der Waals surface area contributed by atoms with E-state index >= 15 is 0 Å². The van der Waals surface area contributed by atoms with Crippen LogP contribution in [0.4, 0.5) is 0 Å². The van der Waals surface area contributed by atoms with Crippen molar-refractivity contribution in [3.63, 3.8) is 0 Å². The lowest BCUT2D eigenvalue weighted by Gasteiger charge is -2.12. The van der Waals surface area contributed by atoms with Crippen molar-refractivity contribution in [2.75, 3.05) is 0 Å². The summed E-state index contributed by atoms with van der Waals surface area (Å²) >= 11 is 7.08. The first kappa shape index (κ1) is 15.1. The van der Waals surface area contributed by atoms with Crippen LogP contribution < -0.4 is 4.74 Å². The molecule has 0 amide bonds. The van der Waals surface area contributed by atoms with Gasteiger partial charge in [0, 0.05) is 23.4 Å². The van der Waals surface area contributed by atoms with Gasteiger partial charge in [0.2, 0.25) is 10.6 Å². The Hall–Kier alpha value is -1.27. The van der Waals surface area contributed by atoms with Crippen molar-refractivity contribution in [3.8, 4) is 5.88 Å². The number of carbonyl (C=O) groups is 1. The zero-order valence-electron chi connectivity index (χ0n) is 11.0. The molecule has 1 aromatic carbocycles. The van der Waals surface area contributed by atoms with Crippen LogP contribution >= 0.6 is 28.7 Å². The van der Waals surface area contributed by atoms with Crippen molar-refractivity contribution in [3.05, 3.63) is 47.2 Å². The van der Waals surface area contributed by atoms with E-state index < -0.39 is 0 Å². The molecule has 1 aromatic heterocycles. The van der Waals surface area contributed by atoms with Crippen LogP contribution in [0.2, 0.25) is 0 Å². The van der Waals surface area contributed by atoms with Crippen LogP contribution in [0.3, 0.4) is 0 Å². The average molecular weight is 355 g/mol. The van der Waals surface area contributed by atoms with E-state index in [0.717, 1.165) is 24.0 Å². The maximum atomic E-state index is 11.7. The predicted molar refractivity (Wildman–Crippen MR) is 84.6 cm³/mol. The zero-order chi connectivity index (χ0) is 14.5. The standard InChI is InChI=1S/C14H15BrN2O2S/c1-2-4-10-5-3-6-11(14(15)18)12(10)9-19-13-7-8-17(20)16-13/h3,5-8,20H,2,4,9H2,1H3. The molecular weight excluding hydrogens is 340 g/mol. The van der Waals surface area contributed by atoms with Crippen LogP contribution in [-0.2, 0) is 13.0 Å². The largest absolute Gasteiger partial charge is 0.472 e. The van der Waals surface area contributed by atoms with Crippen molar-refractivity contribution in [1.29, 1.82) is 0 Å². The summed E-state index contributed by atoms with van der Waals surface area (Å²) in [6.45, 7) is 2.42. The first-order chi connectivity index (χ1) is 9.61. The van der Waals surface area contributed by atoms with Gasteiger partial charge in [0.25, 0.3) is 0 Å². The molecule has 0 aliphatic heterocycles. The minimum absolute atomic E-state index is 0.131. The molecule has 106 valence electrons. The highest BCUT2D eigenvalue weighted by atomic mass is 79.9. The van der Waals surface area contributed by atoms with Gasteiger partial charge in [0.05, 0.1) is 0 Å². The van der Waals surface area contributed by atoms with Gasteiger partial charge >= 0.3 is 0 Å². The molecule has 0 saturated heterocycles. The molecule has 0 radical (unpaired) electrons. The number of aromatic nitrogens is 2. The molecular formula is C14H15BrN2O2S. The van der Waals surface area contributed by atoms with Crippen LogP contribution in [0.1, 0.15) is 34.8 Å². The molecule has 0 atom stereocenters. The molecule has 0 bridgehead atoms. The summed E-state index contributed by atoms with van der Waals surface area (Å²) in [5.41, 5.74) is 2.68. The average Bonchev–Trinajstić information content (AvgIpc) is 2.83. The van der Waals surface area contributed by atoms with E-state index in [2.05, 4.69) is 40.8 Å². The molecule has 0 aliphatic rings. The summed E-state index contributed by atoms with van der Waals surface area (Å²) in [5, 5.41) is 4.04. The smallest absolute Gasteiger partial charge is 0.234 e. The molecule has 0 unspecified atom stereocenters. The summed E-state index contributed by atoms with van der Waals surface area (Å²) in [6.07, 6.45) is 3.61. The van der Waals surface area contributed by atoms with Gasteiger partial charge in [-0.25, -0.2) is 4.09 Å². The quantitative estimate of drug-likeness (QED) is 0.636. The number of halogens is 1. The van der Waals surface area contributed by atoms with Gasteiger partial charge in [-0.1, -0.05) is 31.5 Å². The fraction of sp³-hybridized carbons (Fsp3) is 0.286. The Morgan fingerprint density at radius 1 is 1.45 bits per heavy atom. The third-order valence-electron chi connectivity index (χ3n) is 2.92. The van der Waals surface area contributed by atoms with Crippen molar-refractivity contribution >= 4 is 33.4 Å². The number of ether oxygens (including phenoxy) is 1. The Labute approximate surface area is 131 Å². The highest BCUT2D eigenvalue weighted by molar-refractivity contribution is 9.18. The summed E-state index contributed by atoms with van der Waals surface area (Å²) in [5.74, 6) is 0.485. The second-order valence-electron chi connectivity index (χ2n) is 4.33. The predicted octanol–water partition coefficient (Wildman–Crippen LogP) is 3.64. The van der Waals surface area contributed by atoms with Crippen LogP contribution in [0.15, 0.2) is 30.5 Å². The monoisotopic (exact) mass is 354 g/mol. The van der Waals surface area contributed by atoms with Gasteiger partial charge in [-0.2, -0.15) is 0 Å². The number of hydrogen-bond acceptors (Lipinski definition) is 4. The molecule has 2 aromatic rings. The Morgan fingerprint density at radius 3 is 2.85 bits per heavy atom. The van der Waals surface area contributed by atoms with E-state index in [1.54, 1.807) is 18.3 Å². The second kappa shape index (κ2) is 6.95. The molecule has 6 heteroatoms. The van der Waals surface area contributed by atoms with E-state index in [-0.39, 0.29) is 4.69 Å². The maximum absolute atomic E-state index is 11.7. The van der Waals surface area contributed by atoms with Crippen LogP contribution in [0.5, 0.6) is 5.88 Å². The van der Waals surface area contributed by atoms with E-state index in [1.165, 1.54) is 4.09 Å². The van der Waals surface area contributed by atoms with E-state index in [4.69, 9.17) is 4.74 Å². The minimum Gasteiger partial charge on any atom is -0.472 e. The minimum atomic E-state index is -0.131. The van der Waals surface area contributed by atoms with Gasteiger partial charge in [-0.15, -0.1) is 5.10 Å². The Morgan fingerprint density at radius 2 is 2.25 bits per heavy atom. The molecule has 4 nitrogen and oxygen atoms in total. The zero-order valence-corrected chi connectivity index (χ0v) is 13.5. The Bertz CT molecular complexity index is 613. The van der Waals surface area contributed by atoms with Crippen LogP contribution in [-0.4, -0.2) is 13.9 Å². The number of carbonyl (C=O) groups excluding carboxylic acids is 1. The SMILES string of the molecule is CCCc1cccc(C(=O)Br)c1COc1ccn(S)n1. The summed E-state index contributed by atoms with van der Waals surface area (Å²) < 4.78 is 6.88. The second-order valence-corrected chi connectivity index (χ2v) is 5.46. The van der Waals surface area contributed by atoms with Crippen molar-refractivity contribution in [2.45, 2.75) is 26.4 Å². The first-order valence-corrected chi connectivity index (χ1v) is 7.49. The number of hydrogen-bond donors (Lipinski definition) is 1. The number of benzene rings is 1. The number of nitrogens with zero attached hydrogens (tertiary/aromatic N) is 2. The van der Waals surface area contributed by atoms with Gasteiger partial charge in [0.1, 0.15) is 6.61 Å². The summed E-state index contributed by atoms with van der Waals surface area (Å²) in [7, 11) is 0. The molecule has 2 rings (SSSR count). The number of thiol groups is 1.